The second kappa shape index (κ2) is 11.3. The number of imidazole rings is 1. The summed E-state index contributed by atoms with van der Waals surface area (Å²) >= 11 is 0. The van der Waals surface area contributed by atoms with Gasteiger partial charge in [-0.2, -0.15) is 0 Å². The number of hydrogen-bond acceptors (Lipinski definition) is 9. The minimum atomic E-state index is -3.53. The van der Waals surface area contributed by atoms with Gasteiger partial charge in [-0.25, -0.2) is 20.0 Å². The van der Waals surface area contributed by atoms with Crippen LogP contribution in [0.3, 0.4) is 0 Å². The zero-order valence-electron chi connectivity index (χ0n) is 18.9. The number of benzene rings is 1. The summed E-state index contributed by atoms with van der Waals surface area (Å²) in [6.07, 6.45) is 2.09. The highest BCUT2D eigenvalue weighted by Crippen LogP contribution is 2.43. The Labute approximate surface area is 192 Å². The lowest BCUT2D eigenvalue weighted by Crippen LogP contribution is -2.28. The Morgan fingerprint density at radius 1 is 1.18 bits per heavy atom. The molecular weight excluding hydrogens is 447 g/mol. The van der Waals surface area contributed by atoms with Crippen molar-refractivity contribution in [1.29, 1.82) is 0 Å². The molecule has 0 saturated carbocycles. The predicted octanol–water partition coefficient (Wildman–Crippen LogP) is 2.72. The molecule has 0 aliphatic rings. The number of ether oxygens (including phenoxy) is 2. The van der Waals surface area contributed by atoms with Crippen LogP contribution in [0.15, 0.2) is 43.0 Å². The molecule has 0 unspecified atom stereocenters. The van der Waals surface area contributed by atoms with E-state index < -0.39 is 13.5 Å². The van der Waals surface area contributed by atoms with Crippen LogP contribution >= 0.6 is 7.52 Å². The van der Waals surface area contributed by atoms with Crippen LogP contribution in [-0.2, 0) is 36.5 Å². The van der Waals surface area contributed by atoms with Crippen LogP contribution < -0.4 is 10.8 Å². The maximum atomic E-state index is 13.4. The predicted molar refractivity (Wildman–Crippen MR) is 123 cm³/mol. The van der Waals surface area contributed by atoms with E-state index in [1.807, 2.05) is 37.3 Å². The highest BCUT2D eigenvalue weighted by atomic mass is 31.2. The van der Waals surface area contributed by atoms with Crippen molar-refractivity contribution in [1.82, 2.24) is 24.6 Å². The lowest BCUT2D eigenvalue weighted by atomic mass is 10.2. The Hall–Kier alpha value is -2.85. The fourth-order valence-corrected chi connectivity index (χ4v) is 4.39. The van der Waals surface area contributed by atoms with Crippen molar-refractivity contribution in [3.63, 3.8) is 0 Å². The first kappa shape index (κ1) is 24.8. The number of esters is 1. The lowest BCUT2D eigenvalue weighted by molar-refractivity contribution is -0.145. The summed E-state index contributed by atoms with van der Waals surface area (Å²) in [5.41, 5.74) is 7.76. The van der Waals surface area contributed by atoms with E-state index in [4.69, 9.17) is 19.7 Å². The van der Waals surface area contributed by atoms with Crippen LogP contribution in [-0.4, -0.2) is 50.6 Å². The summed E-state index contributed by atoms with van der Waals surface area (Å²) in [4.78, 5) is 24.3. The second-order valence-corrected chi connectivity index (χ2v) is 9.92. The van der Waals surface area contributed by atoms with Gasteiger partial charge in [0.15, 0.2) is 11.5 Å². The molecule has 0 bridgehead atoms. The van der Waals surface area contributed by atoms with E-state index in [9.17, 15) is 9.36 Å². The van der Waals surface area contributed by atoms with E-state index in [1.165, 1.54) is 6.33 Å². The van der Waals surface area contributed by atoms with Gasteiger partial charge in [-0.1, -0.05) is 30.3 Å². The number of nitrogen functional groups attached to an aromatic ring is 1. The number of carbonyl (C=O) groups is 1. The molecule has 11 nitrogen and oxygen atoms in total. The number of anilines is 1. The molecular formula is C21H29N6O5P. The molecule has 3 rings (SSSR count). The van der Waals surface area contributed by atoms with Crippen LogP contribution in [0.5, 0.6) is 0 Å². The number of nitrogens with one attached hydrogen (secondary N) is 1. The average Bonchev–Trinajstić information content (AvgIpc) is 3.19. The van der Waals surface area contributed by atoms with Gasteiger partial charge in [-0.05, 0) is 26.3 Å². The zero-order chi connectivity index (χ0) is 23.8. The smallest absolute Gasteiger partial charge is 0.320 e. The van der Waals surface area contributed by atoms with Crippen molar-refractivity contribution in [2.45, 2.75) is 46.1 Å². The summed E-state index contributed by atoms with van der Waals surface area (Å²) in [5, 5.41) is 2.70. The van der Waals surface area contributed by atoms with Gasteiger partial charge in [-0.15, -0.1) is 0 Å². The Kier molecular flexibility index (Phi) is 8.51. The molecule has 0 spiro atoms. The molecule has 0 aliphatic carbocycles. The van der Waals surface area contributed by atoms with Crippen molar-refractivity contribution >= 4 is 30.5 Å². The molecule has 0 saturated heterocycles. The topological polar surface area (TPSA) is 143 Å². The van der Waals surface area contributed by atoms with Gasteiger partial charge in [0.2, 0.25) is 0 Å². The quantitative estimate of drug-likeness (QED) is 0.296. The molecule has 2 atom stereocenters. The highest BCUT2D eigenvalue weighted by Gasteiger charge is 2.26. The van der Waals surface area contributed by atoms with Gasteiger partial charge in [-0.3, -0.25) is 9.36 Å². The third kappa shape index (κ3) is 7.33. The summed E-state index contributed by atoms with van der Waals surface area (Å²) in [5.74, 6) is -0.229. The van der Waals surface area contributed by atoms with E-state index in [2.05, 4.69) is 20.0 Å². The summed E-state index contributed by atoms with van der Waals surface area (Å²) in [6.45, 7) is 5.54. The number of nitrogens with two attached hydrogens (primary N) is 1. The van der Waals surface area contributed by atoms with E-state index in [1.54, 1.807) is 24.7 Å². The molecule has 0 radical (unpaired) electrons. The fourth-order valence-electron chi connectivity index (χ4n) is 2.96. The van der Waals surface area contributed by atoms with Gasteiger partial charge in [0.25, 0.3) is 7.52 Å². The number of hydrogen-bond donors (Lipinski definition) is 2. The summed E-state index contributed by atoms with van der Waals surface area (Å²) < 4.78 is 31.8. The maximum absolute atomic E-state index is 13.4. The molecule has 178 valence electrons. The third-order valence-electron chi connectivity index (χ3n) is 4.53. The first-order chi connectivity index (χ1) is 15.8. The molecule has 0 amide bonds. The van der Waals surface area contributed by atoms with Crippen LogP contribution in [0.2, 0.25) is 0 Å². The normalized spacial score (nSPS) is 14.3. The Morgan fingerprint density at radius 3 is 2.67 bits per heavy atom. The van der Waals surface area contributed by atoms with Crippen LogP contribution in [0.25, 0.3) is 11.2 Å². The SMILES string of the molecule is CC(C)OC(=O)CN[P@@](=O)(CO[C@H](C)Cn1cnc2c(N)ncnc21)OCc1ccccc1. The Morgan fingerprint density at radius 2 is 1.94 bits per heavy atom. The molecule has 33 heavy (non-hydrogen) atoms. The fraction of sp³-hybridized carbons (Fsp3) is 0.429. The van der Waals surface area contributed by atoms with Gasteiger partial charge in [0, 0.05) is 0 Å². The number of aromatic nitrogens is 4. The van der Waals surface area contributed by atoms with E-state index in [-0.39, 0.29) is 31.7 Å². The van der Waals surface area contributed by atoms with Crippen molar-refractivity contribution in [2.75, 3.05) is 18.6 Å². The van der Waals surface area contributed by atoms with Crippen molar-refractivity contribution in [2.24, 2.45) is 0 Å². The van der Waals surface area contributed by atoms with Gasteiger partial charge < -0.3 is 24.3 Å². The average molecular weight is 476 g/mol. The molecule has 0 fully saturated rings. The zero-order valence-corrected chi connectivity index (χ0v) is 19.8. The van der Waals surface area contributed by atoms with Gasteiger partial charge in [0.1, 0.15) is 24.7 Å². The Balaban J connectivity index is 1.62. The van der Waals surface area contributed by atoms with Crippen LogP contribution in [0.4, 0.5) is 5.82 Å². The van der Waals surface area contributed by atoms with E-state index in [0.29, 0.717) is 23.5 Å². The van der Waals surface area contributed by atoms with Crippen LogP contribution in [0, 0.1) is 0 Å². The first-order valence-corrected chi connectivity index (χ1v) is 12.3. The second-order valence-electron chi connectivity index (χ2n) is 7.74. The summed E-state index contributed by atoms with van der Waals surface area (Å²) in [6, 6.07) is 9.33. The number of rotatable bonds is 12. The molecule has 0 aliphatic heterocycles. The van der Waals surface area contributed by atoms with Crippen molar-refractivity contribution < 1.29 is 23.4 Å². The standard InChI is InChI=1S/C21H29N6O5P/c1-15(2)32-18(28)9-26-33(29,31-11-17-7-5-4-6-8-17)14-30-16(3)10-27-13-25-19-20(22)23-12-24-21(19)27/h4-8,12-13,15-16H,9-11,14H2,1-3H3,(H,26,29)(H2,22,23,24)/t16-,33-/m1/s1. The minimum absolute atomic E-state index is 0.102. The lowest BCUT2D eigenvalue weighted by Gasteiger charge is -2.22. The number of fused-ring (bicyclic) bond motifs is 1. The minimum Gasteiger partial charge on any atom is -0.462 e. The summed E-state index contributed by atoms with van der Waals surface area (Å²) in [7, 11) is -3.53. The molecule has 1 aromatic carbocycles. The van der Waals surface area contributed by atoms with Gasteiger partial charge >= 0.3 is 5.97 Å². The molecule has 3 N–H and O–H groups in total. The number of carbonyl (C=O) groups excluding carboxylic acids is 1. The van der Waals surface area contributed by atoms with Gasteiger partial charge in [0.05, 0.1) is 31.7 Å². The molecule has 3 aromatic rings. The molecule has 2 heterocycles. The first-order valence-electron chi connectivity index (χ1n) is 10.5. The largest absolute Gasteiger partial charge is 0.462 e. The van der Waals surface area contributed by atoms with Crippen molar-refractivity contribution in [3.8, 4) is 0 Å². The van der Waals surface area contributed by atoms with E-state index in [0.717, 1.165) is 5.56 Å². The third-order valence-corrected chi connectivity index (χ3v) is 6.20. The highest BCUT2D eigenvalue weighted by molar-refractivity contribution is 7.56. The van der Waals surface area contributed by atoms with Crippen LogP contribution in [0.1, 0.15) is 26.3 Å². The van der Waals surface area contributed by atoms with E-state index >= 15 is 0 Å². The molecule has 2 aromatic heterocycles. The molecule has 12 heteroatoms. The maximum Gasteiger partial charge on any atom is 0.320 e. The number of nitrogens with zero attached hydrogens (tertiary/aromatic N) is 4. The monoisotopic (exact) mass is 476 g/mol. The van der Waals surface area contributed by atoms with Crippen molar-refractivity contribution in [3.05, 3.63) is 48.5 Å². The Bertz CT molecular complexity index is 1110.